The van der Waals surface area contributed by atoms with Crippen molar-refractivity contribution in [2.45, 2.75) is 45.4 Å². The topological polar surface area (TPSA) is 35.5 Å². The van der Waals surface area contributed by atoms with Gasteiger partial charge in [0.05, 0.1) is 18.8 Å². The summed E-state index contributed by atoms with van der Waals surface area (Å²) >= 11 is 0. The zero-order chi connectivity index (χ0) is 13.2. The lowest BCUT2D eigenvalue weighted by Crippen LogP contribution is -2.13. The van der Waals surface area contributed by atoms with E-state index in [1.54, 1.807) is 7.11 Å². The average Bonchev–Trinajstić information content (AvgIpc) is 2.39. The highest BCUT2D eigenvalue weighted by Crippen LogP contribution is 2.20. The molecule has 0 unspecified atom stereocenters. The first-order valence-electron chi connectivity index (χ1n) is 6.83. The zero-order valence-electron chi connectivity index (χ0n) is 11.5. The molecule has 1 aliphatic carbocycles. The molecule has 0 aromatic rings. The first-order chi connectivity index (χ1) is 8.77. The molecule has 0 saturated carbocycles. The van der Waals surface area contributed by atoms with Crippen molar-refractivity contribution < 1.29 is 14.3 Å². The standard InChI is InChI=1S/C15H24O3/c1-3-4-10-18-15(16)14(12-17-2)11-13-8-6-5-7-9-13/h8,11H,3-7,9-10,12H2,1-2H3. The maximum Gasteiger partial charge on any atom is 0.336 e. The molecule has 0 bridgehead atoms. The number of methoxy groups -OCH3 is 1. The first-order valence-corrected chi connectivity index (χ1v) is 6.83. The summed E-state index contributed by atoms with van der Waals surface area (Å²) in [7, 11) is 1.60. The highest BCUT2D eigenvalue weighted by molar-refractivity contribution is 5.89. The van der Waals surface area contributed by atoms with Crippen molar-refractivity contribution in [2.75, 3.05) is 20.3 Å². The van der Waals surface area contributed by atoms with Gasteiger partial charge >= 0.3 is 5.97 Å². The van der Waals surface area contributed by atoms with E-state index in [1.807, 2.05) is 6.08 Å². The van der Waals surface area contributed by atoms with E-state index in [0.717, 1.165) is 25.7 Å². The van der Waals surface area contributed by atoms with Crippen LogP contribution >= 0.6 is 0 Å². The predicted molar refractivity (Wildman–Crippen MR) is 72.4 cm³/mol. The second-order valence-electron chi connectivity index (χ2n) is 4.62. The van der Waals surface area contributed by atoms with E-state index in [-0.39, 0.29) is 5.97 Å². The molecule has 1 aliphatic rings. The third-order valence-corrected chi connectivity index (χ3v) is 2.98. The Labute approximate surface area is 110 Å². The van der Waals surface area contributed by atoms with Crippen molar-refractivity contribution in [3.8, 4) is 0 Å². The molecule has 0 atom stereocenters. The monoisotopic (exact) mass is 252 g/mol. The molecule has 0 N–H and O–H groups in total. The molecule has 18 heavy (non-hydrogen) atoms. The van der Waals surface area contributed by atoms with Crippen molar-refractivity contribution in [1.82, 2.24) is 0 Å². The quantitative estimate of drug-likeness (QED) is 0.396. The molecule has 0 radical (unpaired) electrons. The summed E-state index contributed by atoms with van der Waals surface area (Å²) in [6, 6.07) is 0. The number of carbonyl (C=O) groups excluding carboxylic acids is 1. The number of hydrogen-bond acceptors (Lipinski definition) is 3. The molecule has 0 spiro atoms. The summed E-state index contributed by atoms with van der Waals surface area (Å²) in [5.41, 5.74) is 1.86. The van der Waals surface area contributed by atoms with E-state index in [4.69, 9.17) is 9.47 Å². The summed E-state index contributed by atoms with van der Waals surface area (Å²) in [6.45, 7) is 2.89. The molecule has 0 aromatic carbocycles. The van der Waals surface area contributed by atoms with Crippen LogP contribution in [0.4, 0.5) is 0 Å². The highest BCUT2D eigenvalue weighted by Gasteiger charge is 2.12. The summed E-state index contributed by atoms with van der Waals surface area (Å²) < 4.78 is 10.3. The Balaban J connectivity index is 2.59. The summed E-state index contributed by atoms with van der Waals surface area (Å²) in [4.78, 5) is 11.9. The number of hydrogen-bond donors (Lipinski definition) is 0. The molecule has 0 amide bonds. The number of unbranched alkanes of at least 4 members (excludes halogenated alkanes) is 1. The minimum Gasteiger partial charge on any atom is -0.462 e. The van der Waals surface area contributed by atoms with Gasteiger partial charge in [-0.3, -0.25) is 0 Å². The van der Waals surface area contributed by atoms with Crippen LogP contribution in [0.2, 0.25) is 0 Å². The second-order valence-corrected chi connectivity index (χ2v) is 4.62. The van der Waals surface area contributed by atoms with Crippen LogP contribution < -0.4 is 0 Å². The minimum atomic E-state index is -0.239. The van der Waals surface area contributed by atoms with Gasteiger partial charge < -0.3 is 9.47 Å². The van der Waals surface area contributed by atoms with E-state index in [2.05, 4.69) is 13.0 Å². The van der Waals surface area contributed by atoms with E-state index < -0.39 is 0 Å². The van der Waals surface area contributed by atoms with Crippen molar-refractivity contribution in [1.29, 1.82) is 0 Å². The first kappa shape index (κ1) is 15.0. The molecule has 0 fully saturated rings. The van der Waals surface area contributed by atoms with E-state index in [0.29, 0.717) is 18.8 Å². The van der Waals surface area contributed by atoms with Gasteiger partial charge in [-0.15, -0.1) is 0 Å². The number of ether oxygens (including phenoxy) is 2. The maximum atomic E-state index is 11.9. The Bertz CT molecular complexity index is 316. The Morgan fingerprint density at radius 3 is 2.89 bits per heavy atom. The lowest BCUT2D eigenvalue weighted by molar-refractivity contribution is -0.139. The van der Waals surface area contributed by atoms with Crippen molar-refractivity contribution in [3.63, 3.8) is 0 Å². The van der Waals surface area contributed by atoms with Gasteiger partial charge in [-0.25, -0.2) is 4.79 Å². The zero-order valence-corrected chi connectivity index (χ0v) is 11.5. The number of carbonyl (C=O) groups is 1. The minimum absolute atomic E-state index is 0.239. The number of esters is 1. The lowest BCUT2D eigenvalue weighted by Gasteiger charge is -2.12. The molecule has 0 heterocycles. The Morgan fingerprint density at radius 2 is 2.28 bits per heavy atom. The summed E-state index contributed by atoms with van der Waals surface area (Å²) in [5, 5.41) is 0. The van der Waals surface area contributed by atoms with Crippen LogP contribution in [0.25, 0.3) is 0 Å². The van der Waals surface area contributed by atoms with Gasteiger partial charge in [0.15, 0.2) is 0 Å². The van der Waals surface area contributed by atoms with E-state index in [9.17, 15) is 4.79 Å². The molecular formula is C15H24O3. The van der Waals surface area contributed by atoms with Gasteiger partial charge in [-0.2, -0.15) is 0 Å². The van der Waals surface area contributed by atoms with Crippen LogP contribution in [0.1, 0.15) is 45.4 Å². The molecular weight excluding hydrogens is 228 g/mol. The molecule has 3 nitrogen and oxygen atoms in total. The normalized spacial score (nSPS) is 16.3. The van der Waals surface area contributed by atoms with Gasteiger partial charge in [-0.1, -0.05) is 25.0 Å². The third-order valence-electron chi connectivity index (χ3n) is 2.98. The summed E-state index contributed by atoms with van der Waals surface area (Å²) in [6.07, 6.45) is 10.7. The van der Waals surface area contributed by atoms with Crippen LogP contribution in [-0.4, -0.2) is 26.3 Å². The summed E-state index contributed by atoms with van der Waals surface area (Å²) in [5.74, 6) is -0.239. The SMILES string of the molecule is CCCCOC(=O)C(=CC1=CCCCC1)COC. The second kappa shape index (κ2) is 8.92. The Morgan fingerprint density at radius 1 is 1.44 bits per heavy atom. The van der Waals surface area contributed by atoms with Gasteiger partial charge in [0.2, 0.25) is 0 Å². The average molecular weight is 252 g/mol. The van der Waals surface area contributed by atoms with E-state index >= 15 is 0 Å². The molecule has 1 rings (SSSR count). The molecule has 0 aromatic heterocycles. The largest absolute Gasteiger partial charge is 0.462 e. The van der Waals surface area contributed by atoms with Gasteiger partial charge in [0, 0.05) is 7.11 Å². The van der Waals surface area contributed by atoms with Crippen molar-refractivity contribution >= 4 is 5.97 Å². The highest BCUT2D eigenvalue weighted by atomic mass is 16.5. The smallest absolute Gasteiger partial charge is 0.336 e. The molecule has 0 aliphatic heterocycles. The van der Waals surface area contributed by atoms with Crippen LogP contribution in [0, 0.1) is 0 Å². The fourth-order valence-corrected chi connectivity index (χ4v) is 1.93. The van der Waals surface area contributed by atoms with Gasteiger partial charge in [0.25, 0.3) is 0 Å². The van der Waals surface area contributed by atoms with Crippen LogP contribution in [0.15, 0.2) is 23.3 Å². The van der Waals surface area contributed by atoms with Gasteiger partial charge in [-0.05, 0) is 38.2 Å². The molecule has 0 saturated heterocycles. The van der Waals surface area contributed by atoms with Crippen LogP contribution in [0.5, 0.6) is 0 Å². The third kappa shape index (κ3) is 5.50. The number of allylic oxidation sites excluding steroid dienone is 3. The molecule has 102 valence electrons. The predicted octanol–water partition coefficient (Wildman–Crippen LogP) is 3.40. The maximum absolute atomic E-state index is 11.9. The Kier molecular flexibility index (Phi) is 7.42. The van der Waals surface area contributed by atoms with Crippen molar-refractivity contribution in [3.05, 3.63) is 23.3 Å². The van der Waals surface area contributed by atoms with Crippen LogP contribution in [-0.2, 0) is 14.3 Å². The fourth-order valence-electron chi connectivity index (χ4n) is 1.93. The van der Waals surface area contributed by atoms with Crippen LogP contribution in [0.3, 0.4) is 0 Å². The van der Waals surface area contributed by atoms with Gasteiger partial charge in [0.1, 0.15) is 0 Å². The lowest BCUT2D eigenvalue weighted by atomic mass is 9.98. The van der Waals surface area contributed by atoms with Crippen molar-refractivity contribution in [2.24, 2.45) is 0 Å². The number of rotatable bonds is 7. The molecule has 3 heteroatoms. The Hall–Kier alpha value is -1.09. The fraction of sp³-hybridized carbons (Fsp3) is 0.667. The van der Waals surface area contributed by atoms with E-state index in [1.165, 1.54) is 18.4 Å².